The Labute approximate surface area is 136 Å². The molecule has 0 radical (unpaired) electrons. The number of carboxylic acid groups (broad SMARTS) is 1. The average molecular weight is 336 g/mol. The van der Waals surface area contributed by atoms with Gasteiger partial charge >= 0.3 is 12.1 Å². The molecule has 2 aromatic rings. The molecule has 126 valence electrons. The van der Waals surface area contributed by atoms with Gasteiger partial charge in [-0.15, -0.1) is 0 Å². The Balaban J connectivity index is 2.26. The van der Waals surface area contributed by atoms with Crippen LogP contribution in [0.5, 0.6) is 11.5 Å². The molecule has 0 spiro atoms. The number of alkyl halides is 3. The molecule has 0 saturated heterocycles. The van der Waals surface area contributed by atoms with E-state index >= 15 is 0 Å². The number of benzene rings is 2. The first-order valence-electron chi connectivity index (χ1n) is 7.33. The molecule has 3 rings (SSSR count). The van der Waals surface area contributed by atoms with E-state index in [0.29, 0.717) is 11.3 Å². The molecule has 24 heavy (non-hydrogen) atoms. The summed E-state index contributed by atoms with van der Waals surface area (Å²) >= 11 is 0. The Bertz CT molecular complexity index is 809. The number of para-hydroxylation sites is 1. The largest absolute Gasteiger partial charge is 0.481 e. The van der Waals surface area contributed by atoms with E-state index in [4.69, 9.17) is 4.74 Å². The minimum absolute atomic E-state index is 0.232. The molecule has 3 nitrogen and oxygen atoms in total. The van der Waals surface area contributed by atoms with Crippen LogP contribution in [-0.4, -0.2) is 11.1 Å². The number of aliphatic carboxylic acids is 1. The Morgan fingerprint density at radius 1 is 1.04 bits per heavy atom. The van der Waals surface area contributed by atoms with Crippen molar-refractivity contribution in [1.82, 2.24) is 0 Å². The monoisotopic (exact) mass is 336 g/mol. The van der Waals surface area contributed by atoms with E-state index in [-0.39, 0.29) is 11.3 Å². The summed E-state index contributed by atoms with van der Waals surface area (Å²) in [7, 11) is 0. The summed E-state index contributed by atoms with van der Waals surface area (Å²) in [5, 5.41) is 9.61. The third kappa shape index (κ3) is 2.52. The first kappa shape index (κ1) is 16.4. The first-order valence-corrected chi connectivity index (χ1v) is 7.33. The molecule has 2 aromatic carbocycles. The molecule has 1 atom stereocenters. The lowest BCUT2D eigenvalue weighted by Gasteiger charge is -2.36. The van der Waals surface area contributed by atoms with E-state index in [1.165, 1.54) is 19.9 Å². The number of halogens is 3. The Kier molecular flexibility index (Phi) is 3.59. The van der Waals surface area contributed by atoms with Crippen LogP contribution in [0.15, 0.2) is 42.5 Å². The number of fused-ring (bicyclic) bond motifs is 2. The van der Waals surface area contributed by atoms with Crippen molar-refractivity contribution in [2.24, 2.45) is 5.41 Å². The van der Waals surface area contributed by atoms with Crippen molar-refractivity contribution in [3.63, 3.8) is 0 Å². The predicted molar refractivity (Wildman–Crippen MR) is 81.2 cm³/mol. The summed E-state index contributed by atoms with van der Waals surface area (Å²) in [6.45, 7) is 3.01. The lowest BCUT2D eigenvalue weighted by Crippen LogP contribution is -2.33. The van der Waals surface area contributed by atoms with Crippen LogP contribution in [0.3, 0.4) is 0 Å². The fourth-order valence-electron chi connectivity index (χ4n) is 3.04. The van der Waals surface area contributed by atoms with Gasteiger partial charge in [-0.1, -0.05) is 18.2 Å². The summed E-state index contributed by atoms with van der Waals surface area (Å²) in [4.78, 5) is 11.8. The minimum atomic E-state index is -4.51. The van der Waals surface area contributed by atoms with Crippen molar-refractivity contribution in [2.75, 3.05) is 0 Å². The second-order valence-electron chi connectivity index (χ2n) is 6.35. The normalized spacial score (nSPS) is 16.8. The van der Waals surface area contributed by atoms with Crippen molar-refractivity contribution in [2.45, 2.75) is 25.9 Å². The molecule has 0 aliphatic carbocycles. The summed E-state index contributed by atoms with van der Waals surface area (Å²) in [5.74, 6) is -1.13. The lowest BCUT2D eigenvalue weighted by atomic mass is 9.69. The van der Waals surface area contributed by atoms with E-state index in [9.17, 15) is 23.1 Å². The topological polar surface area (TPSA) is 46.5 Å². The zero-order chi connectivity index (χ0) is 17.7. The van der Waals surface area contributed by atoms with E-state index < -0.39 is 29.0 Å². The van der Waals surface area contributed by atoms with Crippen LogP contribution in [-0.2, 0) is 11.0 Å². The third-order valence-electron chi connectivity index (χ3n) is 4.37. The summed E-state index contributed by atoms with van der Waals surface area (Å²) in [5.41, 5.74) is -1.33. The molecular formula is C18H15F3O3. The Hall–Kier alpha value is -2.50. The van der Waals surface area contributed by atoms with Gasteiger partial charge in [0.05, 0.1) is 11.0 Å². The van der Waals surface area contributed by atoms with E-state index in [0.717, 1.165) is 12.1 Å². The van der Waals surface area contributed by atoms with Crippen molar-refractivity contribution < 1.29 is 27.8 Å². The van der Waals surface area contributed by atoms with Gasteiger partial charge < -0.3 is 9.84 Å². The van der Waals surface area contributed by atoms with Crippen molar-refractivity contribution in [3.8, 4) is 11.5 Å². The van der Waals surface area contributed by atoms with Crippen LogP contribution in [0.2, 0.25) is 0 Å². The van der Waals surface area contributed by atoms with Crippen molar-refractivity contribution in [1.29, 1.82) is 0 Å². The maximum atomic E-state index is 13.1. The quantitative estimate of drug-likeness (QED) is 0.834. The van der Waals surface area contributed by atoms with Gasteiger partial charge in [-0.05, 0) is 38.1 Å². The van der Waals surface area contributed by atoms with E-state index in [1.807, 2.05) is 0 Å². The van der Waals surface area contributed by atoms with Gasteiger partial charge in [0.2, 0.25) is 0 Å². The summed E-state index contributed by atoms with van der Waals surface area (Å²) in [6, 6.07) is 10.00. The minimum Gasteiger partial charge on any atom is -0.481 e. The number of hydrogen-bond donors (Lipinski definition) is 1. The van der Waals surface area contributed by atoms with Crippen LogP contribution >= 0.6 is 0 Å². The number of rotatable bonds is 2. The summed E-state index contributed by atoms with van der Waals surface area (Å²) < 4.78 is 44.9. The van der Waals surface area contributed by atoms with Crippen molar-refractivity contribution in [3.05, 3.63) is 59.2 Å². The van der Waals surface area contributed by atoms with E-state index in [2.05, 4.69) is 0 Å². The number of carbonyl (C=O) groups is 1. The second-order valence-corrected chi connectivity index (χ2v) is 6.35. The molecule has 0 saturated carbocycles. The summed E-state index contributed by atoms with van der Waals surface area (Å²) in [6.07, 6.45) is -4.51. The number of ether oxygens (including phenoxy) is 1. The van der Waals surface area contributed by atoms with Crippen LogP contribution in [0.1, 0.15) is 36.5 Å². The number of hydrogen-bond acceptors (Lipinski definition) is 2. The molecule has 0 amide bonds. The highest BCUT2D eigenvalue weighted by molar-refractivity contribution is 5.77. The molecule has 1 aliphatic rings. The Morgan fingerprint density at radius 2 is 1.67 bits per heavy atom. The van der Waals surface area contributed by atoms with Crippen LogP contribution in [0.4, 0.5) is 13.2 Å². The number of carboxylic acids is 1. The zero-order valence-electron chi connectivity index (χ0n) is 13.0. The van der Waals surface area contributed by atoms with Gasteiger partial charge in [-0.2, -0.15) is 13.2 Å². The molecular weight excluding hydrogens is 321 g/mol. The lowest BCUT2D eigenvalue weighted by molar-refractivity contribution is -0.147. The van der Waals surface area contributed by atoms with Gasteiger partial charge in [0, 0.05) is 17.0 Å². The first-order chi connectivity index (χ1) is 11.1. The molecule has 0 bridgehead atoms. The molecule has 1 heterocycles. The molecule has 1 aliphatic heterocycles. The highest BCUT2D eigenvalue weighted by Crippen LogP contribution is 2.52. The second kappa shape index (κ2) is 5.26. The molecule has 0 aromatic heterocycles. The van der Waals surface area contributed by atoms with Gasteiger partial charge in [0.1, 0.15) is 11.5 Å². The SMILES string of the molecule is CC(C)(C(=O)O)C1c2ccccc2Oc2ccc(C(F)(F)F)cc21. The molecule has 6 heteroatoms. The van der Waals surface area contributed by atoms with E-state index in [1.54, 1.807) is 24.3 Å². The third-order valence-corrected chi connectivity index (χ3v) is 4.37. The van der Waals surface area contributed by atoms with Gasteiger partial charge in [0.25, 0.3) is 0 Å². The van der Waals surface area contributed by atoms with Crippen LogP contribution < -0.4 is 4.74 Å². The molecule has 1 unspecified atom stereocenters. The zero-order valence-corrected chi connectivity index (χ0v) is 13.0. The maximum Gasteiger partial charge on any atom is 0.416 e. The smallest absolute Gasteiger partial charge is 0.416 e. The van der Waals surface area contributed by atoms with Crippen LogP contribution in [0.25, 0.3) is 0 Å². The highest BCUT2D eigenvalue weighted by Gasteiger charge is 2.44. The predicted octanol–water partition coefficient (Wildman–Crippen LogP) is 5.05. The van der Waals surface area contributed by atoms with Crippen molar-refractivity contribution >= 4 is 5.97 Å². The van der Waals surface area contributed by atoms with Crippen LogP contribution in [0, 0.1) is 5.41 Å². The standard InChI is InChI=1S/C18H15F3O3/c1-17(2,16(22)23)15-11-5-3-4-6-13(11)24-14-8-7-10(9-12(14)15)18(19,20)21/h3-9,15H,1-2H3,(H,22,23). The van der Waals surface area contributed by atoms with Gasteiger partial charge in [0.15, 0.2) is 0 Å². The van der Waals surface area contributed by atoms with Gasteiger partial charge in [-0.3, -0.25) is 4.79 Å². The fraction of sp³-hybridized carbons (Fsp3) is 0.278. The highest BCUT2D eigenvalue weighted by atomic mass is 19.4. The molecule has 1 N–H and O–H groups in total. The maximum absolute atomic E-state index is 13.1. The Morgan fingerprint density at radius 3 is 2.29 bits per heavy atom. The fourth-order valence-corrected chi connectivity index (χ4v) is 3.04. The average Bonchev–Trinajstić information content (AvgIpc) is 2.50. The molecule has 0 fully saturated rings. The van der Waals surface area contributed by atoms with Gasteiger partial charge in [-0.25, -0.2) is 0 Å².